The molecular weight excluding hydrogens is 264 g/mol. The van der Waals surface area contributed by atoms with Crippen LogP contribution in [0.15, 0.2) is 6.07 Å². The fourth-order valence-corrected chi connectivity index (χ4v) is 3.02. The lowest BCUT2D eigenvalue weighted by molar-refractivity contribution is 0.0302. The summed E-state index contributed by atoms with van der Waals surface area (Å²) in [6.07, 6.45) is 4.23. The summed E-state index contributed by atoms with van der Waals surface area (Å²) < 4.78 is 5.92. The van der Waals surface area contributed by atoms with Crippen molar-refractivity contribution in [2.24, 2.45) is 0 Å². The molecule has 0 aliphatic carbocycles. The van der Waals surface area contributed by atoms with Gasteiger partial charge in [-0.1, -0.05) is 20.8 Å². The van der Waals surface area contributed by atoms with E-state index in [2.05, 4.69) is 42.0 Å². The second kappa shape index (κ2) is 6.18. The van der Waals surface area contributed by atoms with Crippen molar-refractivity contribution in [2.45, 2.75) is 58.2 Å². The number of morpholine rings is 1. The second-order valence-corrected chi connectivity index (χ2v) is 6.41. The molecule has 2 unspecified atom stereocenters. The standard InChI is InChI=1S/C16H26N4O/c1-4-7-17-14-8-15(19-16(18-14)11(2)3)20-9-12-5-6-13(10-20)21-12/h8,11-13H,4-7,9-10H2,1-3H3,(H,17,18,19). The van der Waals surface area contributed by atoms with Crippen molar-refractivity contribution >= 4 is 11.6 Å². The Hall–Kier alpha value is -1.36. The molecule has 0 spiro atoms. The number of hydrogen-bond acceptors (Lipinski definition) is 5. The van der Waals surface area contributed by atoms with Crippen LogP contribution in [0.3, 0.4) is 0 Å². The maximum atomic E-state index is 5.92. The van der Waals surface area contributed by atoms with Crippen LogP contribution in [0.2, 0.25) is 0 Å². The highest BCUT2D eigenvalue weighted by Crippen LogP contribution is 2.30. The molecule has 1 aromatic rings. The van der Waals surface area contributed by atoms with Crippen LogP contribution < -0.4 is 10.2 Å². The molecule has 2 bridgehead atoms. The first-order chi connectivity index (χ1) is 10.2. The Bertz CT molecular complexity index is 479. The molecule has 116 valence electrons. The zero-order valence-electron chi connectivity index (χ0n) is 13.3. The van der Waals surface area contributed by atoms with E-state index in [1.165, 1.54) is 12.8 Å². The van der Waals surface area contributed by atoms with Crippen LogP contribution in [0, 0.1) is 0 Å². The minimum atomic E-state index is 0.338. The third-order valence-corrected chi connectivity index (χ3v) is 4.17. The number of rotatable bonds is 5. The third-order valence-electron chi connectivity index (χ3n) is 4.17. The molecule has 0 amide bonds. The van der Waals surface area contributed by atoms with Crippen LogP contribution in [0.4, 0.5) is 11.6 Å². The molecule has 2 fully saturated rings. The highest BCUT2D eigenvalue weighted by Gasteiger charge is 2.34. The molecule has 0 radical (unpaired) electrons. The topological polar surface area (TPSA) is 50.3 Å². The number of nitrogens with one attached hydrogen (secondary N) is 1. The Balaban J connectivity index is 1.84. The van der Waals surface area contributed by atoms with Crippen molar-refractivity contribution in [3.63, 3.8) is 0 Å². The Kier molecular flexibility index (Phi) is 4.29. The van der Waals surface area contributed by atoms with Gasteiger partial charge in [-0.2, -0.15) is 0 Å². The first-order valence-corrected chi connectivity index (χ1v) is 8.19. The summed E-state index contributed by atoms with van der Waals surface area (Å²) in [4.78, 5) is 11.8. The first-order valence-electron chi connectivity index (χ1n) is 8.19. The molecule has 5 heteroatoms. The molecule has 1 N–H and O–H groups in total. The average Bonchev–Trinajstić information content (AvgIpc) is 2.83. The number of aromatic nitrogens is 2. The monoisotopic (exact) mass is 290 g/mol. The van der Waals surface area contributed by atoms with Gasteiger partial charge < -0.3 is 15.0 Å². The van der Waals surface area contributed by atoms with Gasteiger partial charge in [0.15, 0.2) is 0 Å². The normalized spacial score (nSPS) is 24.7. The highest BCUT2D eigenvalue weighted by molar-refractivity contribution is 5.50. The molecule has 3 rings (SSSR count). The SMILES string of the molecule is CCCNc1cc(N2CC3CCC(C2)O3)nc(C(C)C)n1. The maximum Gasteiger partial charge on any atom is 0.135 e. The Labute approximate surface area is 127 Å². The van der Waals surface area contributed by atoms with Gasteiger partial charge in [-0.25, -0.2) is 9.97 Å². The molecule has 21 heavy (non-hydrogen) atoms. The summed E-state index contributed by atoms with van der Waals surface area (Å²) in [5, 5.41) is 3.40. The zero-order valence-corrected chi connectivity index (χ0v) is 13.3. The van der Waals surface area contributed by atoms with Gasteiger partial charge in [-0.05, 0) is 19.3 Å². The Morgan fingerprint density at radius 3 is 2.62 bits per heavy atom. The van der Waals surface area contributed by atoms with E-state index < -0.39 is 0 Å². The summed E-state index contributed by atoms with van der Waals surface area (Å²) >= 11 is 0. The molecular formula is C16H26N4O. The van der Waals surface area contributed by atoms with Gasteiger partial charge in [0.25, 0.3) is 0 Å². The van der Waals surface area contributed by atoms with E-state index >= 15 is 0 Å². The largest absolute Gasteiger partial charge is 0.371 e. The van der Waals surface area contributed by atoms with Crippen LogP contribution in [0.1, 0.15) is 51.8 Å². The van der Waals surface area contributed by atoms with Crippen LogP contribution in [-0.2, 0) is 4.74 Å². The molecule has 0 aromatic carbocycles. The summed E-state index contributed by atoms with van der Waals surface area (Å²) in [5.41, 5.74) is 0. The van der Waals surface area contributed by atoms with E-state index in [-0.39, 0.29) is 0 Å². The molecule has 5 nitrogen and oxygen atoms in total. The smallest absolute Gasteiger partial charge is 0.135 e. The van der Waals surface area contributed by atoms with Gasteiger partial charge in [0.2, 0.25) is 0 Å². The average molecular weight is 290 g/mol. The minimum Gasteiger partial charge on any atom is -0.371 e. The van der Waals surface area contributed by atoms with Crippen molar-refractivity contribution in [1.29, 1.82) is 0 Å². The first kappa shape index (κ1) is 14.6. The fraction of sp³-hybridized carbons (Fsp3) is 0.750. The van der Waals surface area contributed by atoms with Crippen LogP contribution in [-0.4, -0.2) is 41.8 Å². The highest BCUT2D eigenvalue weighted by atomic mass is 16.5. The Morgan fingerprint density at radius 2 is 2.00 bits per heavy atom. The number of hydrogen-bond donors (Lipinski definition) is 1. The van der Waals surface area contributed by atoms with E-state index in [1.54, 1.807) is 0 Å². The summed E-state index contributed by atoms with van der Waals surface area (Å²) in [7, 11) is 0. The predicted molar refractivity (Wildman–Crippen MR) is 85.0 cm³/mol. The molecule has 1 aromatic heterocycles. The van der Waals surface area contributed by atoms with Gasteiger partial charge in [0.05, 0.1) is 12.2 Å². The molecule has 2 saturated heterocycles. The lowest BCUT2D eigenvalue weighted by Gasteiger charge is -2.33. The van der Waals surface area contributed by atoms with Gasteiger partial charge in [0.1, 0.15) is 17.5 Å². The van der Waals surface area contributed by atoms with Crippen LogP contribution >= 0.6 is 0 Å². The number of ether oxygens (including phenoxy) is 1. The summed E-state index contributed by atoms with van der Waals surface area (Å²) in [5.74, 6) is 3.26. The van der Waals surface area contributed by atoms with Gasteiger partial charge >= 0.3 is 0 Å². The van der Waals surface area contributed by atoms with Gasteiger partial charge in [-0.15, -0.1) is 0 Å². The molecule has 0 saturated carbocycles. The lowest BCUT2D eigenvalue weighted by atomic mass is 10.2. The van der Waals surface area contributed by atoms with Crippen molar-refractivity contribution < 1.29 is 4.74 Å². The molecule has 2 aliphatic rings. The molecule has 3 heterocycles. The van der Waals surface area contributed by atoms with Crippen molar-refractivity contribution in [2.75, 3.05) is 29.9 Å². The van der Waals surface area contributed by atoms with Crippen molar-refractivity contribution in [3.8, 4) is 0 Å². The van der Waals surface area contributed by atoms with E-state index in [1.807, 2.05) is 0 Å². The van der Waals surface area contributed by atoms with E-state index in [0.29, 0.717) is 18.1 Å². The quantitative estimate of drug-likeness (QED) is 0.903. The van der Waals surface area contributed by atoms with E-state index in [4.69, 9.17) is 9.72 Å². The summed E-state index contributed by atoms with van der Waals surface area (Å²) in [6.45, 7) is 9.31. The van der Waals surface area contributed by atoms with Crippen molar-refractivity contribution in [3.05, 3.63) is 11.9 Å². The zero-order chi connectivity index (χ0) is 14.8. The molecule has 2 atom stereocenters. The second-order valence-electron chi connectivity index (χ2n) is 6.41. The minimum absolute atomic E-state index is 0.338. The van der Waals surface area contributed by atoms with E-state index in [9.17, 15) is 0 Å². The van der Waals surface area contributed by atoms with Crippen LogP contribution in [0.25, 0.3) is 0 Å². The number of nitrogens with zero attached hydrogens (tertiary/aromatic N) is 3. The van der Waals surface area contributed by atoms with Gasteiger partial charge in [-0.3, -0.25) is 0 Å². The predicted octanol–water partition coefficient (Wildman–Crippen LogP) is 2.79. The summed E-state index contributed by atoms with van der Waals surface area (Å²) in [6, 6.07) is 2.09. The fourth-order valence-electron chi connectivity index (χ4n) is 3.02. The third kappa shape index (κ3) is 3.28. The van der Waals surface area contributed by atoms with Crippen molar-refractivity contribution in [1.82, 2.24) is 9.97 Å². The molecule has 2 aliphatic heterocycles. The van der Waals surface area contributed by atoms with Gasteiger partial charge in [0, 0.05) is 31.6 Å². The van der Waals surface area contributed by atoms with Crippen LogP contribution in [0.5, 0.6) is 0 Å². The lowest BCUT2D eigenvalue weighted by Crippen LogP contribution is -2.43. The van der Waals surface area contributed by atoms with E-state index in [0.717, 1.165) is 43.5 Å². The maximum absolute atomic E-state index is 5.92. The number of fused-ring (bicyclic) bond motifs is 2. The Morgan fingerprint density at radius 1 is 1.29 bits per heavy atom. The number of anilines is 2.